The Kier molecular flexibility index (Phi) is 12.9. The molecule has 2 aromatic rings. The van der Waals surface area contributed by atoms with E-state index < -0.39 is 6.04 Å². The fraction of sp³-hybridized carbons (Fsp3) is 0.316. The molecule has 0 saturated heterocycles. The number of carbonyl (C=O) groups excluding carboxylic acids is 2. The van der Waals surface area contributed by atoms with Gasteiger partial charge in [-0.3, -0.25) is 14.6 Å². The molecule has 1 aromatic carbocycles. The van der Waals surface area contributed by atoms with E-state index in [-0.39, 0.29) is 36.6 Å². The maximum absolute atomic E-state index is 12.5. The number of nitrogens with one attached hydrogen (secondary N) is 2. The molecule has 2 rings (SSSR count). The Hall–Kier alpha value is -2.15. The van der Waals surface area contributed by atoms with Crippen molar-refractivity contribution in [1.82, 2.24) is 15.6 Å². The number of pyridine rings is 1. The van der Waals surface area contributed by atoms with Crippen LogP contribution in [0.25, 0.3) is 0 Å². The van der Waals surface area contributed by atoms with Gasteiger partial charge >= 0.3 is 0 Å². The van der Waals surface area contributed by atoms with Crippen molar-refractivity contribution in [1.29, 1.82) is 0 Å². The van der Waals surface area contributed by atoms with Gasteiger partial charge in [-0.15, -0.1) is 24.8 Å². The van der Waals surface area contributed by atoms with Gasteiger partial charge in [0.15, 0.2) is 0 Å². The molecule has 1 aromatic heterocycles. The van der Waals surface area contributed by atoms with Crippen molar-refractivity contribution in [2.24, 2.45) is 5.73 Å². The Morgan fingerprint density at radius 2 is 1.78 bits per heavy atom. The number of hydrogen-bond donors (Lipinski definition) is 3. The van der Waals surface area contributed by atoms with Crippen molar-refractivity contribution in [2.75, 3.05) is 13.1 Å². The van der Waals surface area contributed by atoms with Gasteiger partial charge in [0.05, 0.1) is 5.56 Å². The first-order chi connectivity index (χ1) is 12.2. The van der Waals surface area contributed by atoms with E-state index in [0.29, 0.717) is 25.1 Å². The average molecular weight is 413 g/mol. The Morgan fingerprint density at radius 3 is 2.41 bits per heavy atom. The van der Waals surface area contributed by atoms with Gasteiger partial charge in [-0.2, -0.15) is 0 Å². The number of rotatable bonds is 9. The number of aromatic nitrogens is 1. The lowest BCUT2D eigenvalue weighted by Gasteiger charge is -2.18. The summed E-state index contributed by atoms with van der Waals surface area (Å²) in [6.45, 7) is 1.14. The van der Waals surface area contributed by atoms with Crippen LogP contribution in [-0.2, 0) is 11.2 Å². The normalized spacial score (nSPS) is 10.7. The van der Waals surface area contributed by atoms with E-state index in [1.165, 1.54) is 6.20 Å². The van der Waals surface area contributed by atoms with Gasteiger partial charge in [-0.25, -0.2) is 0 Å². The summed E-state index contributed by atoms with van der Waals surface area (Å²) in [7, 11) is 0. The largest absolute Gasteiger partial charge is 0.354 e. The van der Waals surface area contributed by atoms with Gasteiger partial charge in [-0.05, 0) is 37.1 Å². The number of unbranched alkanes of at least 4 members (excludes halogenated alkanes) is 1. The highest BCUT2D eigenvalue weighted by Gasteiger charge is 2.21. The van der Waals surface area contributed by atoms with Crippen LogP contribution in [0, 0.1) is 0 Å². The molecule has 2 amide bonds. The van der Waals surface area contributed by atoms with Gasteiger partial charge < -0.3 is 16.4 Å². The highest BCUT2D eigenvalue weighted by molar-refractivity contribution is 5.97. The topological polar surface area (TPSA) is 97.1 Å². The Balaban J connectivity index is 0.00000338. The summed E-state index contributed by atoms with van der Waals surface area (Å²) >= 11 is 0. The van der Waals surface area contributed by atoms with E-state index in [2.05, 4.69) is 15.6 Å². The Labute approximate surface area is 172 Å². The minimum atomic E-state index is -0.645. The Bertz CT molecular complexity index is 672. The number of nitrogens with zero attached hydrogens (tertiary/aromatic N) is 1. The molecular formula is C19H26Cl2N4O2. The average Bonchev–Trinajstić information content (AvgIpc) is 2.66. The summed E-state index contributed by atoms with van der Waals surface area (Å²) in [6.07, 6.45) is 5.18. The van der Waals surface area contributed by atoms with Crippen LogP contribution in [-0.4, -0.2) is 35.9 Å². The maximum Gasteiger partial charge on any atom is 0.253 e. The quantitative estimate of drug-likeness (QED) is 0.549. The van der Waals surface area contributed by atoms with Crippen LogP contribution in [0.15, 0.2) is 54.9 Å². The van der Waals surface area contributed by atoms with Crippen LogP contribution in [0.3, 0.4) is 0 Å². The summed E-state index contributed by atoms with van der Waals surface area (Å²) in [4.78, 5) is 28.8. The van der Waals surface area contributed by atoms with Crippen molar-refractivity contribution >= 4 is 36.6 Å². The van der Waals surface area contributed by atoms with Crippen molar-refractivity contribution < 1.29 is 9.59 Å². The second kappa shape index (κ2) is 14.0. The van der Waals surface area contributed by atoms with E-state index >= 15 is 0 Å². The molecule has 0 aliphatic carbocycles. The molecule has 148 valence electrons. The van der Waals surface area contributed by atoms with Gasteiger partial charge in [0.1, 0.15) is 6.04 Å². The lowest BCUT2D eigenvalue weighted by Crippen LogP contribution is -2.48. The van der Waals surface area contributed by atoms with Gasteiger partial charge in [0.25, 0.3) is 5.91 Å². The molecule has 0 saturated carbocycles. The van der Waals surface area contributed by atoms with E-state index in [4.69, 9.17) is 5.73 Å². The lowest BCUT2D eigenvalue weighted by atomic mass is 10.0. The Morgan fingerprint density at radius 1 is 1.04 bits per heavy atom. The predicted molar refractivity (Wildman–Crippen MR) is 111 cm³/mol. The summed E-state index contributed by atoms with van der Waals surface area (Å²) in [6, 6.07) is 12.3. The molecule has 0 fully saturated rings. The van der Waals surface area contributed by atoms with Crippen LogP contribution in [0.4, 0.5) is 0 Å². The first kappa shape index (κ1) is 24.8. The smallest absolute Gasteiger partial charge is 0.253 e. The molecule has 0 bridgehead atoms. The summed E-state index contributed by atoms with van der Waals surface area (Å²) in [5.74, 6) is -0.510. The van der Waals surface area contributed by atoms with Crippen LogP contribution in [0.2, 0.25) is 0 Å². The number of halogens is 2. The van der Waals surface area contributed by atoms with Gasteiger partial charge in [0.2, 0.25) is 5.91 Å². The van der Waals surface area contributed by atoms with Crippen LogP contribution < -0.4 is 16.4 Å². The molecule has 0 aliphatic rings. The highest BCUT2D eigenvalue weighted by atomic mass is 35.5. The standard InChI is InChI=1S/C19H24N4O2.2ClH/c20-10-4-5-12-22-19(25)17(13-15-7-2-1-3-8-15)23-18(24)16-9-6-11-21-14-16;;/h1-3,6-9,11,14,17H,4-5,10,12-13,20H2,(H,22,25)(H,23,24);2*1H. The summed E-state index contributed by atoms with van der Waals surface area (Å²) in [5.41, 5.74) is 6.87. The summed E-state index contributed by atoms with van der Waals surface area (Å²) in [5, 5.41) is 5.68. The third-order valence-corrected chi connectivity index (χ3v) is 3.76. The lowest BCUT2D eigenvalue weighted by molar-refractivity contribution is -0.122. The second-order valence-electron chi connectivity index (χ2n) is 5.74. The number of hydrogen-bond acceptors (Lipinski definition) is 4. The molecular weight excluding hydrogens is 387 g/mol. The molecule has 1 heterocycles. The minimum absolute atomic E-state index is 0. The molecule has 4 N–H and O–H groups in total. The summed E-state index contributed by atoms with van der Waals surface area (Å²) < 4.78 is 0. The van der Waals surface area contributed by atoms with E-state index in [0.717, 1.165) is 18.4 Å². The molecule has 0 aliphatic heterocycles. The third kappa shape index (κ3) is 8.86. The SMILES string of the molecule is Cl.Cl.NCCCCNC(=O)C(Cc1ccccc1)NC(=O)c1cccnc1. The number of amides is 2. The zero-order valence-electron chi connectivity index (χ0n) is 15.0. The zero-order chi connectivity index (χ0) is 17.9. The number of nitrogens with two attached hydrogens (primary N) is 1. The fourth-order valence-electron chi connectivity index (χ4n) is 2.40. The molecule has 0 spiro atoms. The molecule has 6 nitrogen and oxygen atoms in total. The van der Waals surface area contributed by atoms with E-state index in [9.17, 15) is 9.59 Å². The zero-order valence-corrected chi connectivity index (χ0v) is 16.6. The third-order valence-electron chi connectivity index (χ3n) is 3.76. The fourth-order valence-corrected chi connectivity index (χ4v) is 2.40. The maximum atomic E-state index is 12.5. The minimum Gasteiger partial charge on any atom is -0.354 e. The van der Waals surface area contributed by atoms with Crippen molar-refractivity contribution in [3.8, 4) is 0 Å². The van der Waals surface area contributed by atoms with Crippen LogP contribution in [0.5, 0.6) is 0 Å². The molecule has 0 radical (unpaired) electrons. The molecule has 8 heteroatoms. The number of carbonyl (C=O) groups is 2. The van der Waals surface area contributed by atoms with Crippen LogP contribution in [0.1, 0.15) is 28.8 Å². The molecule has 1 unspecified atom stereocenters. The van der Waals surface area contributed by atoms with Gasteiger partial charge in [-0.1, -0.05) is 30.3 Å². The number of benzene rings is 1. The van der Waals surface area contributed by atoms with Crippen molar-refractivity contribution in [2.45, 2.75) is 25.3 Å². The van der Waals surface area contributed by atoms with Crippen molar-refractivity contribution in [3.05, 3.63) is 66.0 Å². The van der Waals surface area contributed by atoms with Crippen LogP contribution >= 0.6 is 24.8 Å². The monoisotopic (exact) mass is 412 g/mol. The van der Waals surface area contributed by atoms with E-state index in [1.807, 2.05) is 30.3 Å². The molecule has 27 heavy (non-hydrogen) atoms. The second-order valence-corrected chi connectivity index (χ2v) is 5.74. The highest BCUT2D eigenvalue weighted by Crippen LogP contribution is 2.05. The van der Waals surface area contributed by atoms with E-state index in [1.54, 1.807) is 18.3 Å². The van der Waals surface area contributed by atoms with Gasteiger partial charge in [0, 0.05) is 25.4 Å². The predicted octanol–water partition coefficient (Wildman–Crippen LogP) is 2.12. The van der Waals surface area contributed by atoms with Crippen molar-refractivity contribution in [3.63, 3.8) is 0 Å². The first-order valence-electron chi connectivity index (χ1n) is 8.43. The molecule has 1 atom stereocenters. The first-order valence-corrected chi connectivity index (χ1v) is 8.43.